The van der Waals surface area contributed by atoms with Crippen molar-refractivity contribution in [3.05, 3.63) is 0 Å². The molecule has 0 bridgehead atoms. The van der Waals surface area contributed by atoms with Crippen molar-refractivity contribution < 1.29 is 14.4 Å². The Morgan fingerprint density at radius 1 is 1.27 bits per heavy atom. The normalized spacial score (nSPS) is 31.8. The van der Waals surface area contributed by atoms with E-state index in [0.29, 0.717) is 0 Å². The van der Waals surface area contributed by atoms with Crippen LogP contribution >= 0.6 is 0 Å². The molecule has 1 saturated carbocycles. The molecule has 0 radical (unpaired) electrons. The third-order valence-corrected chi connectivity index (χ3v) is 3.58. The van der Waals surface area contributed by atoms with Gasteiger partial charge in [0.05, 0.1) is 11.8 Å². The number of piperidine rings is 1. The summed E-state index contributed by atoms with van der Waals surface area (Å²) in [5.74, 6) is -0.420. The van der Waals surface area contributed by atoms with Gasteiger partial charge in [-0.1, -0.05) is 13.8 Å². The van der Waals surface area contributed by atoms with E-state index in [0.717, 1.165) is 0 Å². The predicted octanol–water partition coefficient (Wildman–Crippen LogP) is 0.606. The van der Waals surface area contributed by atoms with Gasteiger partial charge in [-0.3, -0.25) is 19.3 Å². The molecule has 0 spiro atoms. The molecular formula is C11H15NO3. The fraction of sp³-hybridized carbons (Fsp3) is 0.727. The average Bonchev–Trinajstić information content (AvgIpc) is 2.56. The van der Waals surface area contributed by atoms with Crippen LogP contribution in [0, 0.1) is 17.3 Å². The first-order chi connectivity index (χ1) is 6.87. The average molecular weight is 209 g/mol. The van der Waals surface area contributed by atoms with Gasteiger partial charge in [0.2, 0.25) is 11.8 Å². The molecule has 0 aromatic heterocycles. The molecule has 82 valence electrons. The molecule has 4 heteroatoms. The lowest BCUT2D eigenvalue weighted by atomic mass is 10.1. The summed E-state index contributed by atoms with van der Waals surface area (Å²) >= 11 is 0. The number of hydrogen-bond acceptors (Lipinski definition) is 3. The van der Waals surface area contributed by atoms with E-state index >= 15 is 0 Å². The largest absolute Gasteiger partial charge is 0.300 e. The minimum absolute atomic E-state index is 0.00966. The summed E-state index contributed by atoms with van der Waals surface area (Å²) < 4.78 is 0. The van der Waals surface area contributed by atoms with Crippen LogP contribution in [0.4, 0.5) is 0 Å². The minimum atomic E-state index is -0.152. The minimum Gasteiger partial charge on any atom is -0.300 e. The van der Waals surface area contributed by atoms with Crippen molar-refractivity contribution in [2.75, 3.05) is 6.54 Å². The first-order valence-electron chi connectivity index (χ1n) is 5.22. The third kappa shape index (κ3) is 1.31. The lowest BCUT2D eigenvalue weighted by Crippen LogP contribution is -2.37. The smallest absolute Gasteiger partial charge is 0.233 e. The molecule has 1 aliphatic heterocycles. The Hall–Kier alpha value is -1.19. The lowest BCUT2D eigenvalue weighted by Gasteiger charge is -2.19. The Bertz CT molecular complexity index is 335. The fourth-order valence-corrected chi connectivity index (χ4v) is 2.49. The highest BCUT2D eigenvalue weighted by Gasteiger charge is 2.72. The second-order valence-corrected chi connectivity index (χ2v) is 5.06. The van der Waals surface area contributed by atoms with Gasteiger partial charge in [0, 0.05) is 13.0 Å². The van der Waals surface area contributed by atoms with E-state index < -0.39 is 0 Å². The van der Waals surface area contributed by atoms with E-state index in [1.807, 2.05) is 13.8 Å². The van der Waals surface area contributed by atoms with Gasteiger partial charge in [-0.25, -0.2) is 0 Å². The first kappa shape index (κ1) is 10.3. The van der Waals surface area contributed by atoms with Crippen LogP contribution in [-0.2, 0) is 14.4 Å². The summed E-state index contributed by atoms with van der Waals surface area (Å²) in [5, 5.41) is 0. The van der Waals surface area contributed by atoms with E-state index in [9.17, 15) is 14.4 Å². The van der Waals surface area contributed by atoms with Gasteiger partial charge in [0.25, 0.3) is 0 Å². The lowest BCUT2D eigenvalue weighted by molar-refractivity contribution is -0.143. The van der Waals surface area contributed by atoms with Crippen molar-refractivity contribution in [1.29, 1.82) is 0 Å². The summed E-state index contributed by atoms with van der Waals surface area (Å²) in [6.07, 6.45) is 0.275. The molecule has 1 saturated heterocycles. The molecule has 2 aliphatic rings. The zero-order valence-corrected chi connectivity index (χ0v) is 9.24. The van der Waals surface area contributed by atoms with Crippen molar-refractivity contribution in [1.82, 2.24) is 4.90 Å². The Balaban J connectivity index is 2.04. The standard InChI is InChI=1S/C11H15NO3/c1-6(13)4-5-12-9(14)7-8(10(12)15)11(7,2)3/h7-8H,4-5H2,1-3H3. The second kappa shape index (κ2) is 2.90. The number of carbonyl (C=O) groups is 3. The molecular weight excluding hydrogens is 194 g/mol. The van der Waals surface area contributed by atoms with Gasteiger partial charge in [0.15, 0.2) is 0 Å². The Labute approximate surface area is 88.6 Å². The van der Waals surface area contributed by atoms with Crippen LogP contribution < -0.4 is 0 Å². The number of hydrogen-bond donors (Lipinski definition) is 0. The van der Waals surface area contributed by atoms with Crippen molar-refractivity contribution >= 4 is 17.6 Å². The number of fused-ring (bicyclic) bond motifs is 1. The molecule has 2 atom stereocenters. The number of amides is 2. The van der Waals surface area contributed by atoms with Crippen LogP contribution in [0.3, 0.4) is 0 Å². The molecule has 0 N–H and O–H groups in total. The van der Waals surface area contributed by atoms with E-state index in [4.69, 9.17) is 0 Å². The van der Waals surface area contributed by atoms with Crippen LogP contribution in [0.25, 0.3) is 0 Å². The van der Waals surface area contributed by atoms with Crippen LogP contribution in [0.1, 0.15) is 27.2 Å². The maximum atomic E-state index is 11.8. The number of ketones is 1. The number of rotatable bonds is 3. The molecule has 1 aliphatic carbocycles. The van der Waals surface area contributed by atoms with Crippen molar-refractivity contribution in [3.8, 4) is 0 Å². The topological polar surface area (TPSA) is 54.5 Å². The molecule has 15 heavy (non-hydrogen) atoms. The SMILES string of the molecule is CC(=O)CCN1C(=O)C2C(C1=O)C2(C)C. The van der Waals surface area contributed by atoms with Crippen molar-refractivity contribution in [2.24, 2.45) is 17.3 Å². The van der Waals surface area contributed by atoms with Gasteiger partial charge < -0.3 is 0 Å². The summed E-state index contributed by atoms with van der Waals surface area (Å²) in [4.78, 5) is 35.6. The highest BCUT2D eigenvalue weighted by Crippen LogP contribution is 2.63. The van der Waals surface area contributed by atoms with Crippen LogP contribution in [-0.4, -0.2) is 29.0 Å². The highest BCUT2D eigenvalue weighted by molar-refractivity contribution is 6.10. The highest BCUT2D eigenvalue weighted by atomic mass is 16.2. The van der Waals surface area contributed by atoms with E-state index in [-0.39, 0.29) is 47.8 Å². The number of Topliss-reactive ketones (excluding diaryl/α,β-unsaturated/α-hetero) is 1. The van der Waals surface area contributed by atoms with Crippen molar-refractivity contribution in [3.63, 3.8) is 0 Å². The zero-order valence-electron chi connectivity index (χ0n) is 9.24. The van der Waals surface area contributed by atoms with Gasteiger partial charge >= 0.3 is 0 Å². The predicted molar refractivity (Wildman–Crippen MR) is 52.8 cm³/mol. The molecule has 4 nitrogen and oxygen atoms in total. The first-order valence-corrected chi connectivity index (χ1v) is 5.22. The summed E-state index contributed by atoms with van der Waals surface area (Å²) in [6.45, 7) is 5.62. The third-order valence-electron chi connectivity index (χ3n) is 3.58. The maximum absolute atomic E-state index is 11.8. The van der Waals surface area contributed by atoms with Gasteiger partial charge in [-0.2, -0.15) is 0 Å². The molecule has 0 aromatic rings. The molecule has 0 aromatic carbocycles. The molecule has 1 heterocycles. The zero-order chi connectivity index (χ0) is 11.4. The fourth-order valence-electron chi connectivity index (χ4n) is 2.49. The Morgan fingerprint density at radius 3 is 2.13 bits per heavy atom. The van der Waals surface area contributed by atoms with E-state index in [1.165, 1.54) is 11.8 Å². The van der Waals surface area contributed by atoms with Crippen molar-refractivity contribution in [2.45, 2.75) is 27.2 Å². The van der Waals surface area contributed by atoms with Crippen LogP contribution in [0.5, 0.6) is 0 Å². The molecule has 2 unspecified atom stereocenters. The van der Waals surface area contributed by atoms with E-state index in [1.54, 1.807) is 0 Å². The summed E-state index contributed by atoms with van der Waals surface area (Å²) in [7, 11) is 0. The Kier molecular flexibility index (Phi) is 2.00. The number of likely N-dealkylation sites (tertiary alicyclic amines) is 1. The quantitative estimate of drug-likeness (QED) is 0.640. The monoisotopic (exact) mass is 209 g/mol. The van der Waals surface area contributed by atoms with Crippen LogP contribution in [0.2, 0.25) is 0 Å². The number of imide groups is 1. The van der Waals surface area contributed by atoms with Gasteiger partial charge in [-0.05, 0) is 12.3 Å². The Morgan fingerprint density at radius 2 is 1.73 bits per heavy atom. The van der Waals surface area contributed by atoms with Crippen LogP contribution in [0.15, 0.2) is 0 Å². The maximum Gasteiger partial charge on any atom is 0.233 e. The van der Waals surface area contributed by atoms with Gasteiger partial charge in [0.1, 0.15) is 5.78 Å². The number of nitrogens with zero attached hydrogens (tertiary/aromatic N) is 1. The summed E-state index contributed by atoms with van der Waals surface area (Å²) in [6, 6.07) is 0. The van der Waals surface area contributed by atoms with Gasteiger partial charge in [-0.15, -0.1) is 0 Å². The molecule has 2 rings (SSSR count). The number of carbonyl (C=O) groups excluding carboxylic acids is 3. The second-order valence-electron chi connectivity index (χ2n) is 5.06. The summed E-state index contributed by atoms with van der Waals surface area (Å²) in [5.41, 5.74) is -0.152. The molecule has 2 fully saturated rings. The van der Waals surface area contributed by atoms with E-state index in [2.05, 4.69) is 0 Å². The molecule has 2 amide bonds.